The highest BCUT2D eigenvalue weighted by Gasteiger charge is 2.34. The highest BCUT2D eigenvalue weighted by atomic mass is 19.4. The number of H-pyrrole nitrogens is 1. The second-order valence-corrected chi connectivity index (χ2v) is 3.33. The van der Waals surface area contributed by atoms with Gasteiger partial charge in [-0.25, -0.2) is 4.98 Å². The van der Waals surface area contributed by atoms with Crippen molar-refractivity contribution in [3.05, 3.63) is 17.7 Å². The van der Waals surface area contributed by atoms with Gasteiger partial charge in [-0.15, -0.1) is 0 Å². The normalized spacial score (nSPS) is 22.9. The van der Waals surface area contributed by atoms with Crippen molar-refractivity contribution in [2.24, 2.45) is 0 Å². The Balaban J connectivity index is 2.17. The second kappa shape index (κ2) is 3.27. The molecule has 2 N–H and O–H groups in total. The summed E-state index contributed by atoms with van der Waals surface area (Å²) < 4.78 is 36.6. The van der Waals surface area contributed by atoms with E-state index in [4.69, 9.17) is 0 Å². The van der Waals surface area contributed by atoms with Gasteiger partial charge < -0.3 is 10.3 Å². The van der Waals surface area contributed by atoms with Gasteiger partial charge in [-0.2, -0.15) is 13.2 Å². The molecule has 1 fully saturated rings. The lowest BCUT2D eigenvalue weighted by Gasteiger charge is -2.06. The number of imidazole rings is 1. The lowest BCUT2D eigenvalue weighted by molar-refractivity contribution is -0.140. The van der Waals surface area contributed by atoms with Crippen LogP contribution in [0.1, 0.15) is 30.4 Å². The zero-order chi connectivity index (χ0) is 10.2. The quantitative estimate of drug-likeness (QED) is 0.734. The Kier molecular flexibility index (Phi) is 2.22. The molecule has 0 aromatic carbocycles. The van der Waals surface area contributed by atoms with Gasteiger partial charge in [-0.05, 0) is 19.4 Å². The first kappa shape index (κ1) is 9.51. The van der Waals surface area contributed by atoms with Crippen LogP contribution in [0.2, 0.25) is 0 Å². The van der Waals surface area contributed by atoms with Crippen LogP contribution < -0.4 is 5.32 Å². The van der Waals surface area contributed by atoms with E-state index in [2.05, 4.69) is 15.3 Å². The molecule has 3 nitrogen and oxygen atoms in total. The van der Waals surface area contributed by atoms with Crippen molar-refractivity contribution >= 4 is 0 Å². The number of aromatic nitrogens is 2. The maximum Gasteiger partial charge on any atom is 0.432 e. The molecule has 1 unspecified atom stereocenters. The molecule has 78 valence electrons. The van der Waals surface area contributed by atoms with E-state index in [0.29, 0.717) is 5.82 Å². The summed E-state index contributed by atoms with van der Waals surface area (Å²) in [6.07, 6.45) is -1.67. The van der Waals surface area contributed by atoms with E-state index in [9.17, 15) is 13.2 Å². The van der Waals surface area contributed by atoms with Gasteiger partial charge in [0.1, 0.15) is 11.5 Å². The number of nitrogens with zero attached hydrogens (tertiary/aromatic N) is 1. The summed E-state index contributed by atoms with van der Waals surface area (Å²) in [5.74, 6) is 0.384. The van der Waals surface area contributed by atoms with Gasteiger partial charge in [-0.3, -0.25) is 0 Å². The molecular weight excluding hydrogens is 195 g/mol. The minimum atomic E-state index is -4.33. The predicted molar refractivity (Wildman–Crippen MR) is 43.6 cm³/mol. The van der Waals surface area contributed by atoms with E-state index in [-0.39, 0.29) is 6.04 Å². The van der Waals surface area contributed by atoms with Gasteiger partial charge in [0.05, 0.1) is 12.2 Å². The average Bonchev–Trinajstić information content (AvgIpc) is 2.73. The molecule has 2 rings (SSSR count). The molecule has 6 heteroatoms. The summed E-state index contributed by atoms with van der Waals surface area (Å²) >= 11 is 0. The number of nitrogens with one attached hydrogen (secondary N) is 2. The topological polar surface area (TPSA) is 40.7 Å². The first-order chi connectivity index (χ1) is 6.57. The van der Waals surface area contributed by atoms with Gasteiger partial charge in [0.2, 0.25) is 0 Å². The highest BCUT2D eigenvalue weighted by Crippen LogP contribution is 2.29. The Bertz CT molecular complexity index is 312. The zero-order valence-corrected chi connectivity index (χ0v) is 7.36. The maximum absolute atomic E-state index is 12.2. The Labute approximate surface area is 78.7 Å². The molecule has 0 amide bonds. The summed E-state index contributed by atoms with van der Waals surface area (Å²) in [7, 11) is 0. The largest absolute Gasteiger partial charge is 0.432 e. The number of hydrogen-bond acceptors (Lipinski definition) is 2. The Morgan fingerprint density at radius 3 is 2.71 bits per heavy atom. The van der Waals surface area contributed by atoms with Gasteiger partial charge >= 0.3 is 6.18 Å². The van der Waals surface area contributed by atoms with Crippen LogP contribution in [0.4, 0.5) is 13.2 Å². The molecule has 0 bridgehead atoms. The third-order valence-corrected chi connectivity index (χ3v) is 2.29. The van der Waals surface area contributed by atoms with Crippen LogP contribution in [0.15, 0.2) is 6.20 Å². The van der Waals surface area contributed by atoms with Crippen LogP contribution in [0, 0.1) is 0 Å². The van der Waals surface area contributed by atoms with E-state index in [0.717, 1.165) is 25.6 Å². The number of aromatic amines is 1. The third kappa shape index (κ3) is 1.75. The molecule has 1 aliphatic heterocycles. The number of alkyl halides is 3. The van der Waals surface area contributed by atoms with Crippen LogP contribution in [0.3, 0.4) is 0 Å². The molecule has 1 aromatic heterocycles. The monoisotopic (exact) mass is 205 g/mol. The summed E-state index contributed by atoms with van der Waals surface area (Å²) in [4.78, 5) is 6.02. The van der Waals surface area contributed by atoms with E-state index in [1.165, 1.54) is 0 Å². The lowest BCUT2D eigenvalue weighted by atomic mass is 10.2. The van der Waals surface area contributed by atoms with E-state index in [1.807, 2.05) is 0 Å². The lowest BCUT2D eigenvalue weighted by Crippen LogP contribution is -2.14. The number of rotatable bonds is 1. The van der Waals surface area contributed by atoms with Crippen molar-refractivity contribution < 1.29 is 13.2 Å². The van der Waals surface area contributed by atoms with Gasteiger partial charge in [-0.1, -0.05) is 0 Å². The van der Waals surface area contributed by atoms with Gasteiger partial charge in [0.15, 0.2) is 0 Å². The fourth-order valence-corrected chi connectivity index (χ4v) is 1.58. The minimum absolute atomic E-state index is 0.0499. The summed E-state index contributed by atoms with van der Waals surface area (Å²) in [6.45, 7) is 0.840. The second-order valence-electron chi connectivity index (χ2n) is 3.33. The van der Waals surface area contributed by atoms with Crippen LogP contribution in [-0.2, 0) is 6.18 Å². The van der Waals surface area contributed by atoms with E-state index >= 15 is 0 Å². The first-order valence-corrected chi connectivity index (χ1v) is 4.43. The fourth-order valence-electron chi connectivity index (χ4n) is 1.58. The molecule has 1 aliphatic rings. The van der Waals surface area contributed by atoms with Gasteiger partial charge in [0, 0.05) is 0 Å². The summed E-state index contributed by atoms with van der Waals surface area (Å²) in [5, 5.41) is 3.08. The molecule has 1 aromatic rings. The predicted octanol–water partition coefficient (Wildman–Crippen LogP) is 1.85. The summed E-state index contributed by atoms with van der Waals surface area (Å²) in [5.41, 5.74) is -0.777. The van der Waals surface area contributed by atoms with E-state index in [1.54, 1.807) is 0 Å². The number of hydrogen-bond donors (Lipinski definition) is 2. The van der Waals surface area contributed by atoms with Crippen molar-refractivity contribution in [2.75, 3.05) is 6.54 Å². The van der Waals surface area contributed by atoms with Crippen molar-refractivity contribution in [2.45, 2.75) is 25.1 Å². The molecule has 0 saturated carbocycles. The van der Waals surface area contributed by atoms with Crippen molar-refractivity contribution in [1.29, 1.82) is 0 Å². The molecular formula is C8H10F3N3. The Morgan fingerprint density at radius 2 is 2.21 bits per heavy atom. The fraction of sp³-hybridized carbons (Fsp3) is 0.625. The molecule has 14 heavy (non-hydrogen) atoms. The van der Waals surface area contributed by atoms with Crippen LogP contribution in [0.5, 0.6) is 0 Å². The maximum atomic E-state index is 12.2. The minimum Gasteiger partial charge on any atom is -0.337 e. The van der Waals surface area contributed by atoms with Crippen LogP contribution >= 0.6 is 0 Å². The Morgan fingerprint density at radius 1 is 1.43 bits per heavy atom. The zero-order valence-electron chi connectivity index (χ0n) is 7.36. The molecule has 0 aliphatic carbocycles. The smallest absolute Gasteiger partial charge is 0.337 e. The van der Waals surface area contributed by atoms with E-state index < -0.39 is 11.9 Å². The van der Waals surface area contributed by atoms with Crippen molar-refractivity contribution in [3.8, 4) is 0 Å². The first-order valence-electron chi connectivity index (χ1n) is 4.43. The third-order valence-electron chi connectivity index (χ3n) is 2.29. The van der Waals surface area contributed by atoms with Gasteiger partial charge in [0.25, 0.3) is 0 Å². The van der Waals surface area contributed by atoms with Crippen LogP contribution in [0.25, 0.3) is 0 Å². The highest BCUT2D eigenvalue weighted by molar-refractivity contribution is 5.08. The SMILES string of the molecule is FC(F)(F)c1cnc(C2CCCN2)[nH]1. The van der Waals surface area contributed by atoms with Crippen molar-refractivity contribution in [3.63, 3.8) is 0 Å². The molecule has 2 heterocycles. The average molecular weight is 205 g/mol. The molecule has 1 atom stereocenters. The van der Waals surface area contributed by atoms with Crippen LogP contribution in [-0.4, -0.2) is 16.5 Å². The molecule has 0 spiro atoms. The molecule has 0 radical (unpaired) electrons. The Hall–Kier alpha value is -1.04. The number of halogens is 3. The molecule has 1 saturated heterocycles. The summed E-state index contributed by atoms with van der Waals surface area (Å²) in [6, 6.07) is -0.0499. The van der Waals surface area contributed by atoms with Crippen molar-refractivity contribution in [1.82, 2.24) is 15.3 Å². The standard InChI is InChI=1S/C8H10F3N3/c9-8(10,11)6-4-13-7(14-6)5-2-1-3-12-5/h4-5,12H,1-3H2,(H,13,14).